The molecule has 0 aliphatic rings. The van der Waals surface area contributed by atoms with Gasteiger partial charge in [0.15, 0.2) is 0 Å². The van der Waals surface area contributed by atoms with Gasteiger partial charge >= 0.3 is 11.9 Å². The zero-order valence-corrected chi connectivity index (χ0v) is 34.6. The van der Waals surface area contributed by atoms with Crippen LogP contribution < -0.4 is 10.6 Å². The summed E-state index contributed by atoms with van der Waals surface area (Å²) in [4.78, 5) is 47.5. The average molecular weight is 779 g/mol. The third-order valence-electron chi connectivity index (χ3n) is 8.55. The molecule has 0 aliphatic heterocycles. The first-order valence-corrected chi connectivity index (χ1v) is 21.1. The van der Waals surface area contributed by atoms with E-state index >= 15 is 0 Å². The van der Waals surface area contributed by atoms with E-state index in [2.05, 4.69) is 116 Å². The maximum absolute atomic E-state index is 12.7. The Labute approximate surface area is 338 Å². The van der Waals surface area contributed by atoms with E-state index in [9.17, 15) is 19.2 Å². The van der Waals surface area contributed by atoms with Crippen LogP contribution in [0.15, 0.2) is 97.2 Å². The molecular weight excluding hydrogens is 705 g/mol. The van der Waals surface area contributed by atoms with Gasteiger partial charge in [-0.3, -0.25) is 14.4 Å². The number of unbranched alkanes of at least 4 members (excludes halogenated alkanes) is 8. The number of aliphatic hydroxyl groups is 1. The van der Waals surface area contributed by atoms with Crippen molar-refractivity contribution in [2.24, 2.45) is 0 Å². The third kappa shape index (κ3) is 36.7. The second kappa shape index (κ2) is 40.4. The number of amides is 2. The topological polar surface area (TPSA) is 142 Å². The lowest BCUT2D eigenvalue weighted by Crippen LogP contribution is -2.47. The van der Waals surface area contributed by atoms with Crippen LogP contribution in [0.3, 0.4) is 0 Å². The number of aliphatic carboxylic acids is 1. The number of carboxylic acids is 1. The lowest BCUT2D eigenvalue weighted by atomic mass is 10.1. The molecule has 56 heavy (non-hydrogen) atoms. The van der Waals surface area contributed by atoms with Crippen molar-refractivity contribution in [1.82, 2.24) is 10.6 Å². The first kappa shape index (κ1) is 51.8. The highest BCUT2D eigenvalue weighted by molar-refractivity contribution is 5.87. The van der Waals surface area contributed by atoms with Gasteiger partial charge in [-0.2, -0.15) is 0 Å². The largest absolute Gasteiger partial charge is 0.480 e. The average Bonchev–Trinajstić information content (AvgIpc) is 3.18. The van der Waals surface area contributed by atoms with Crippen LogP contribution in [0.5, 0.6) is 0 Å². The molecule has 0 aromatic heterocycles. The highest BCUT2D eigenvalue weighted by Gasteiger charge is 2.18. The van der Waals surface area contributed by atoms with E-state index in [1.54, 1.807) is 0 Å². The molecule has 2 atom stereocenters. The minimum atomic E-state index is -1.40. The summed E-state index contributed by atoms with van der Waals surface area (Å²) >= 11 is 0. The second-order valence-electron chi connectivity index (χ2n) is 13.7. The van der Waals surface area contributed by atoms with E-state index < -0.39 is 24.5 Å². The molecule has 9 heteroatoms. The summed E-state index contributed by atoms with van der Waals surface area (Å²) in [5.74, 6) is -2.47. The zero-order chi connectivity index (χ0) is 41.2. The molecule has 0 spiro atoms. The molecule has 2 amide bonds. The Morgan fingerprint density at radius 1 is 0.571 bits per heavy atom. The molecule has 0 rings (SSSR count). The van der Waals surface area contributed by atoms with Crippen molar-refractivity contribution in [3.05, 3.63) is 97.2 Å². The summed E-state index contributed by atoms with van der Waals surface area (Å²) in [5.41, 5.74) is 0. The molecule has 0 saturated carbocycles. The normalized spacial score (nSPS) is 13.5. The van der Waals surface area contributed by atoms with Crippen molar-refractivity contribution in [2.45, 2.75) is 161 Å². The number of esters is 1. The Morgan fingerprint density at radius 2 is 1.09 bits per heavy atom. The van der Waals surface area contributed by atoms with Crippen molar-refractivity contribution in [2.75, 3.05) is 13.2 Å². The van der Waals surface area contributed by atoms with Gasteiger partial charge in [-0.25, -0.2) is 4.79 Å². The number of hydrogen-bond donors (Lipinski definition) is 4. The summed E-state index contributed by atoms with van der Waals surface area (Å²) in [7, 11) is 0. The van der Waals surface area contributed by atoms with Crippen LogP contribution in [0.4, 0.5) is 0 Å². The fraction of sp³-hybridized carbons (Fsp3) is 0.574. The van der Waals surface area contributed by atoms with Gasteiger partial charge in [0.05, 0.1) is 13.2 Å². The summed E-state index contributed by atoms with van der Waals surface area (Å²) < 4.78 is 5.88. The monoisotopic (exact) mass is 779 g/mol. The molecule has 0 saturated heterocycles. The van der Waals surface area contributed by atoms with Crippen molar-refractivity contribution in [3.8, 4) is 0 Å². The summed E-state index contributed by atoms with van der Waals surface area (Å²) in [6.07, 6.45) is 53.0. The second-order valence-corrected chi connectivity index (χ2v) is 13.7. The lowest BCUT2D eigenvalue weighted by molar-refractivity contribution is -0.147. The number of carbonyl (C=O) groups excluding carboxylic acids is 3. The number of carboxylic acid groups (broad SMARTS) is 1. The maximum atomic E-state index is 12.7. The van der Waals surface area contributed by atoms with Gasteiger partial charge in [0.2, 0.25) is 11.8 Å². The van der Waals surface area contributed by atoms with Gasteiger partial charge in [-0.15, -0.1) is 0 Å². The predicted molar refractivity (Wildman–Crippen MR) is 231 cm³/mol. The minimum Gasteiger partial charge on any atom is -0.480 e. The summed E-state index contributed by atoms with van der Waals surface area (Å²) in [6.45, 7) is 3.29. The fourth-order valence-electron chi connectivity index (χ4n) is 5.32. The molecule has 4 N–H and O–H groups in total. The van der Waals surface area contributed by atoms with Crippen molar-refractivity contribution >= 4 is 23.8 Å². The highest BCUT2D eigenvalue weighted by atomic mass is 16.5. The molecule has 2 unspecified atom stereocenters. The third-order valence-corrected chi connectivity index (χ3v) is 8.55. The first-order chi connectivity index (χ1) is 27.3. The maximum Gasteiger partial charge on any atom is 0.328 e. The Balaban J connectivity index is 4.54. The molecule has 9 nitrogen and oxygen atoms in total. The molecule has 0 bridgehead atoms. The number of carbonyl (C=O) groups is 4. The number of hydrogen-bond acceptors (Lipinski definition) is 6. The van der Waals surface area contributed by atoms with Crippen molar-refractivity contribution in [1.29, 1.82) is 0 Å². The quantitative estimate of drug-likeness (QED) is 0.0282. The van der Waals surface area contributed by atoms with E-state index in [-0.39, 0.29) is 30.9 Å². The smallest absolute Gasteiger partial charge is 0.328 e. The van der Waals surface area contributed by atoms with Crippen molar-refractivity contribution in [3.63, 3.8) is 0 Å². The molecule has 0 heterocycles. The number of nitrogens with one attached hydrogen (secondary N) is 2. The van der Waals surface area contributed by atoms with Crippen LogP contribution in [0.1, 0.15) is 149 Å². The van der Waals surface area contributed by atoms with Crippen LogP contribution in [0, 0.1) is 0 Å². The van der Waals surface area contributed by atoms with E-state index in [1.165, 1.54) is 19.3 Å². The van der Waals surface area contributed by atoms with Gasteiger partial charge in [0.25, 0.3) is 0 Å². The van der Waals surface area contributed by atoms with Crippen LogP contribution in [0.25, 0.3) is 0 Å². The molecule has 0 aromatic carbocycles. The number of aliphatic hydroxyl groups excluding tert-OH is 1. The number of allylic oxidation sites excluding steroid dienone is 15. The van der Waals surface area contributed by atoms with E-state index in [0.717, 1.165) is 96.3 Å². The van der Waals surface area contributed by atoms with Crippen LogP contribution in [-0.4, -0.2) is 59.3 Å². The predicted octanol–water partition coefficient (Wildman–Crippen LogP) is 10.3. The SMILES string of the molecule is CC/C=C\C/C=C\C/C=C\C/C=C\C/C=C\CCCC(=O)OC(/C=C\C/C=C\C/C=C\CCCCC)CCCCCCCC(=O)NCC(=O)NC(CO)C(=O)O. The van der Waals surface area contributed by atoms with Gasteiger partial charge in [-0.05, 0) is 96.0 Å². The molecular formula is C47H74N2O7. The molecule has 0 fully saturated rings. The van der Waals surface area contributed by atoms with Gasteiger partial charge < -0.3 is 25.6 Å². The Morgan fingerprint density at radius 3 is 1.64 bits per heavy atom. The molecule has 0 aromatic rings. The lowest BCUT2D eigenvalue weighted by Gasteiger charge is -2.14. The minimum absolute atomic E-state index is 0.176. The van der Waals surface area contributed by atoms with Gasteiger partial charge in [0.1, 0.15) is 12.1 Å². The Bertz CT molecular complexity index is 1260. The van der Waals surface area contributed by atoms with Crippen LogP contribution in [0.2, 0.25) is 0 Å². The standard InChI is InChI=1S/C47H74N2O7/c1-3-5-7-9-11-13-15-16-17-18-19-20-22-24-26-31-35-39-46(53)56-42(36-32-28-25-23-21-14-12-10-8-6-4-2)37-33-29-27-30-34-38-44(51)48-40-45(52)49-43(41-50)47(54)55/h5,7,11-14,16-17,19-20,23-26,32,36,42-43,50H,3-4,6,8-10,15,18,21-22,27-31,33-35,37-41H2,1-2H3,(H,48,51)(H,49,52)(H,54,55)/b7-5-,13-11-,14-12-,17-16-,20-19-,25-23-,26-24-,36-32-. The van der Waals surface area contributed by atoms with Gasteiger partial charge in [0, 0.05) is 12.8 Å². The molecule has 314 valence electrons. The van der Waals surface area contributed by atoms with Crippen molar-refractivity contribution < 1.29 is 34.1 Å². The number of rotatable bonds is 36. The van der Waals surface area contributed by atoms with E-state index in [0.29, 0.717) is 12.8 Å². The van der Waals surface area contributed by atoms with Crippen LogP contribution in [-0.2, 0) is 23.9 Å². The molecule has 0 aliphatic carbocycles. The number of ether oxygens (including phenoxy) is 1. The summed E-state index contributed by atoms with van der Waals surface area (Å²) in [6, 6.07) is -1.40. The van der Waals surface area contributed by atoms with E-state index in [4.69, 9.17) is 14.9 Å². The summed E-state index contributed by atoms with van der Waals surface area (Å²) in [5, 5.41) is 22.5. The highest BCUT2D eigenvalue weighted by Crippen LogP contribution is 2.14. The Kier molecular flexibility index (Phi) is 37.4. The van der Waals surface area contributed by atoms with Gasteiger partial charge in [-0.1, -0.05) is 137 Å². The van der Waals surface area contributed by atoms with Crippen LogP contribution >= 0.6 is 0 Å². The Hall–Kier alpha value is -4.24. The fourth-order valence-corrected chi connectivity index (χ4v) is 5.32. The zero-order valence-electron chi connectivity index (χ0n) is 34.6. The molecule has 0 radical (unpaired) electrons. The van der Waals surface area contributed by atoms with E-state index in [1.807, 2.05) is 6.08 Å². The first-order valence-electron chi connectivity index (χ1n) is 21.1.